The van der Waals surface area contributed by atoms with Gasteiger partial charge in [-0.25, -0.2) is 0 Å². The number of nitrogens with two attached hydrogens (primary N) is 1. The van der Waals surface area contributed by atoms with Crippen LogP contribution in [0, 0.1) is 11.8 Å². The molecule has 0 spiro atoms. The number of carbonyl (C=O) groups is 1. The maximum Gasteiger partial charge on any atom is 0.253 e. The third kappa shape index (κ3) is 3.00. The monoisotopic (exact) mass is 262 g/mol. The molecule has 2 atom stereocenters. The molecule has 1 aromatic rings. The number of methoxy groups -OCH3 is 1. The van der Waals surface area contributed by atoms with Gasteiger partial charge in [-0.15, -0.1) is 0 Å². The normalized spacial score (nSPS) is 22.2. The fraction of sp³-hybridized carbons (Fsp3) is 0.533. The highest BCUT2D eigenvalue weighted by atomic mass is 16.5. The van der Waals surface area contributed by atoms with Gasteiger partial charge in [-0.05, 0) is 30.4 Å². The molecule has 4 heteroatoms. The Kier molecular flexibility index (Phi) is 4.30. The molecule has 104 valence electrons. The van der Waals surface area contributed by atoms with Gasteiger partial charge in [-0.2, -0.15) is 0 Å². The van der Waals surface area contributed by atoms with Gasteiger partial charge >= 0.3 is 0 Å². The number of carbonyl (C=O) groups excluding carboxylic acids is 1. The van der Waals surface area contributed by atoms with E-state index in [1.54, 1.807) is 25.3 Å². The number of rotatable bonds is 4. The summed E-state index contributed by atoms with van der Waals surface area (Å²) in [5.41, 5.74) is 6.82. The first kappa shape index (κ1) is 13.7. The van der Waals surface area contributed by atoms with E-state index in [-0.39, 0.29) is 5.91 Å². The maximum absolute atomic E-state index is 12.2. The van der Waals surface area contributed by atoms with E-state index in [1.807, 2.05) is 0 Å². The van der Waals surface area contributed by atoms with E-state index >= 15 is 0 Å². The van der Waals surface area contributed by atoms with Crippen LogP contribution in [-0.2, 0) is 0 Å². The van der Waals surface area contributed by atoms with Gasteiger partial charge in [0.05, 0.1) is 18.4 Å². The van der Waals surface area contributed by atoms with Crippen LogP contribution in [0.25, 0.3) is 0 Å². The van der Waals surface area contributed by atoms with E-state index in [0.717, 1.165) is 6.54 Å². The summed E-state index contributed by atoms with van der Waals surface area (Å²) in [7, 11) is 1.55. The standard InChI is InChI=1S/C15H22N2O2/c1-10-5-3-6-11(10)9-17-15(18)12-7-4-8-13(19-2)14(12)16/h4,7-8,10-11H,3,5-6,9,16H2,1-2H3,(H,17,18). The third-order valence-corrected chi connectivity index (χ3v) is 4.09. The van der Waals surface area contributed by atoms with Crippen molar-refractivity contribution in [1.29, 1.82) is 0 Å². The minimum Gasteiger partial charge on any atom is -0.495 e. The quantitative estimate of drug-likeness (QED) is 0.819. The summed E-state index contributed by atoms with van der Waals surface area (Å²) in [6.45, 7) is 2.99. The lowest BCUT2D eigenvalue weighted by molar-refractivity contribution is 0.0945. The molecule has 0 aromatic heterocycles. The summed E-state index contributed by atoms with van der Waals surface area (Å²) in [6.07, 6.45) is 3.74. The Morgan fingerprint density at radius 3 is 2.89 bits per heavy atom. The smallest absolute Gasteiger partial charge is 0.253 e. The van der Waals surface area contributed by atoms with Crippen LogP contribution in [0.2, 0.25) is 0 Å². The average molecular weight is 262 g/mol. The summed E-state index contributed by atoms with van der Waals surface area (Å²) in [5, 5.41) is 2.99. The van der Waals surface area contributed by atoms with Gasteiger partial charge in [0.15, 0.2) is 0 Å². The predicted octanol–water partition coefficient (Wildman–Crippen LogP) is 2.44. The topological polar surface area (TPSA) is 64.3 Å². The molecule has 0 radical (unpaired) electrons. The Morgan fingerprint density at radius 1 is 1.47 bits per heavy atom. The molecule has 2 unspecified atom stereocenters. The molecule has 1 saturated carbocycles. The molecule has 1 fully saturated rings. The molecule has 0 saturated heterocycles. The first-order valence-electron chi connectivity index (χ1n) is 6.84. The van der Waals surface area contributed by atoms with Crippen molar-refractivity contribution in [3.63, 3.8) is 0 Å². The molecule has 1 aromatic carbocycles. The SMILES string of the molecule is COc1cccc(C(=O)NCC2CCCC2C)c1N. The van der Waals surface area contributed by atoms with Gasteiger partial charge in [0, 0.05) is 6.54 Å². The lowest BCUT2D eigenvalue weighted by Crippen LogP contribution is -2.30. The molecule has 0 bridgehead atoms. The molecule has 1 amide bonds. The lowest BCUT2D eigenvalue weighted by atomic mass is 9.98. The van der Waals surface area contributed by atoms with Crippen molar-refractivity contribution >= 4 is 11.6 Å². The van der Waals surface area contributed by atoms with Crippen molar-refractivity contribution in [2.24, 2.45) is 11.8 Å². The predicted molar refractivity (Wildman–Crippen MR) is 76.2 cm³/mol. The zero-order chi connectivity index (χ0) is 13.8. The van der Waals surface area contributed by atoms with Gasteiger partial charge in [0.1, 0.15) is 5.75 Å². The summed E-state index contributed by atoms with van der Waals surface area (Å²) in [5.74, 6) is 1.72. The summed E-state index contributed by atoms with van der Waals surface area (Å²) >= 11 is 0. The number of benzene rings is 1. The molecule has 4 nitrogen and oxygen atoms in total. The zero-order valence-corrected chi connectivity index (χ0v) is 11.6. The van der Waals surface area contributed by atoms with Crippen LogP contribution in [0.3, 0.4) is 0 Å². The van der Waals surface area contributed by atoms with Crippen molar-refractivity contribution in [2.45, 2.75) is 26.2 Å². The van der Waals surface area contributed by atoms with E-state index in [2.05, 4.69) is 12.2 Å². The highest BCUT2D eigenvalue weighted by molar-refractivity contribution is 6.00. The molecular weight excluding hydrogens is 240 g/mol. The summed E-state index contributed by atoms with van der Waals surface area (Å²) in [4.78, 5) is 12.2. The summed E-state index contributed by atoms with van der Waals surface area (Å²) < 4.78 is 5.13. The van der Waals surface area contributed by atoms with Crippen molar-refractivity contribution in [2.75, 3.05) is 19.4 Å². The number of nitrogens with one attached hydrogen (secondary N) is 1. The Bertz CT molecular complexity index is 459. The van der Waals surface area contributed by atoms with Gasteiger partial charge in [0.25, 0.3) is 5.91 Å². The highest BCUT2D eigenvalue weighted by Crippen LogP contribution is 2.30. The molecule has 19 heavy (non-hydrogen) atoms. The number of para-hydroxylation sites is 1. The van der Waals surface area contributed by atoms with Gasteiger partial charge in [0.2, 0.25) is 0 Å². The van der Waals surface area contributed by atoms with Gasteiger partial charge in [-0.1, -0.05) is 25.8 Å². The van der Waals surface area contributed by atoms with Crippen LogP contribution in [0.15, 0.2) is 18.2 Å². The first-order valence-corrected chi connectivity index (χ1v) is 6.84. The zero-order valence-electron chi connectivity index (χ0n) is 11.6. The number of amides is 1. The lowest BCUT2D eigenvalue weighted by Gasteiger charge is -2.16. The van der Waals surface area contributed by atoms with Crippen LogP contribution in [0.5, 0.6) is 5.75 Å². The highest BCUT2D eigenvalue weighted by Gasteiger charge is 2.24. The summed E-state index contributed by atoms with van der Waals surface area (Å²) in [6, 6.07) is 5.26. The van der Waals surface area contributed by atoms with Crippen molar-refractivity contribution in [3.05, 3.63) is 23.8 Å². The maximum atomic E-state index is 12.2. The van der Waals surface area contributed by atoms with E-state index in [4.69, 9.17) is 10.5 Å². The largest absolute Gasteiger partial charge is 0.495 e. The van der Waals surface area contributed by atoms with Crippen LogP contribution < -0.4 is 15.8 Å². The average Bonchev–Trinajstić information content (AvgIpc) is 2.82. The van der Waals surface area contributed by atoms with Crippen molar-refractivity contribution in [1.82, 2.24) is 5.32 Å². The van der Waals surface area contributed by atoms with Crippen LogP contribution >= 0.6 is 0 Å². The van der Waals surface area contributed by atoms with Crippen molar-refractivity contribution in [3.8, 4) is 5.75 Å². The fourth-order valence-electron chi connectivity index (χ4n) is 2.76. The number of ether oxygens (including phenoxy) is 1. The molecule has 1 aliphatic carbocycles. The number of anilines is 1. The molecule has 0 aliphatic heterocycles. The Labute approximate surface area is 114 Å². The third-order valence-electron chi connectivity index (χ3n) is 4.09. The second kappa shape index (κ2) is 5.95. The first-order chi connectivity index (χ1) is 9.13. The van der Waals surface area contributed by atoms with E-state index in [1.165, 1.54) is 19.3 Å². The fourth-order valence-corrected chi connectivity index (χ4v) is 2.76. The molecular formula is C15H22N2O2. The number of hydrogen-bond acceptors (Lipinski definition) is 3. The Balaban J connectivity index is 2.00. The Morgan fingerprint density at radius 2 is 2.26 bits per heavy atom. The van der Waals surface area contributed by atoms with E-state index in [0.29, 0.717) is 28.8 Å². The van der Waals surface area contributed by atoms with Gasteiger partial charge < -0.3 is 15.8 Å². The molecule has 2 rings (SSSR count). The van der Waals surface area contributed by atoms with Gasteiger partial charge in [-0.3, -0.25) is 4.79 Å². The molecule has 1 aliphatic rings. The van der Waals surface area contributed by atoms with Crippen LogP contribution in [0.4, 0.5) is 5.69 Å². The number of nitrogen functional groups attached to an aromatic ring is 1. The van der Waals surface area contributed by atoms with Crippen LogP contribution in [-0.4, -0.2) is 19.6 Å². The minimum atomic E-state index is -0.115. The van der Waals surface area contributed by atoms with E-state index in [9.17, 15) is 4.79 Å². The van der Waals surface area contributed by atoms with Crippen LogP contribution in [0.1, 0.15) is 36.5 Å². The van der Waals surface area contributed by atoms with Crippen molar-refractivity contribution < 1.29 is 9.53 Å². The molecule has 0 heterocycles. The number of hydrogen-bond donors (Lipinski definition) is 2. The second-order valence-corrected chi connectivity index (χ2v) is 5.30. The minimum absolute atomic E-state index is 0.115. The second-order valence-electron chi connectivity index (χ2n) is 5.30. The molecule has 3 N–H and O–H groups in total. The Hall–Kier alpha value is -1.71. The van der Waals surface area contributed by atoms with E-state index < -0.39 is 0 Å².